The molecular weight excluding hydrogens is 270 g/mol. The average Bonchev–Trinajstić information content (AvgIpc) is 2.85. The van der Waals surface area contributed by atoms with Crippen molar-refractivity contribution < 1.29 is 0 Å². The van der Waals surface area contributed by atoms with Crippen LogP contribution >= 0.6 is 11.6 Å². The van der Waals surface area contributed by atoms with Crippen molar-refractivity contribution in [3.8, 4) is 0 Å². The molecule has 0 saturated carbocycles. The van der Waals surface area contributed by atoms with Gasteiger partial charge in [0.2, 0.25) is 0 Å². The summed E-state index contributed by atoms with van der Waals surface area (Å²) >= 11 is 6.33. The molecule has 1 aromatic heterocycles. The Hall–Kier alpha value is -1.06. The standard InChI is InChI=1S/C16H22ClN3/c1-2-20-15(7-6-12-8-10-18-11-9-12)19-14-5-3-4-13(17)16(14)20/h3-5,12,18H,2,6-11H2,1H3. The van der Waals surface area contributed by atoms with E-state index in [1.54, 1.807) is 0 Å². The van der Waals surface area contributed by atoms with E-state index in [1.807, 2.05) is 12.1 Å². The van der Waals surface area contributed by atoms with Crippen molar-refractivity contribution in [3.63, 3.8) is 0 Å². The zero-order chi connectivity index (χ0) is 13.9. The highest BCUT2D eigenvalue weighted by Gasteiger charge is 2.16. The van der Waals surface area contributed by atoms with E-state index in [0.29, 0.717) is 0 Å². The molecule has 2 aromatic rings. The van der Waals surface area contributed by atoms with Crippen molar-refractivity contribution in [2.24, 2.45) is 5.92 Å². The third kappa shape index (κ3) is 2.70. The summed E-state index contributed by atoms with van der Waals surface area (Å²) in [7, 11) is 0. The molecule has 4 heteroatoms. The molecule has 0 bridgehead atoms. The SMILES string of the molecule is CCn1c(CCC2CCNCC2)nc2cccc(Cl)c21. The van der Waals surface area contributed by atoms with Crippen LogP contribution in [0.25, 0.3) is 11.0 Å². The Kier molecular flexibility index (Phi) is 4.27. The predicted molar refractivity (Wildman–Crippen MR) is 84.3 cm³/mol. The Bertz CT molecular complexity index is 585. The van der Waals surface area contributed by atoms with E-state index in [9.17, 15) is 0 Å². The minimum Gasteiger partial charge on any atom is -0.327 e. The van der Waals surface area contributed by atoms with Gasteiger partial charge in [-0.3, -0.25) is 0 Å². The van der Waals surface area contributed by atoms with Crippen molar-refractivity contribution in [1.29, 1.82) is 0 Å². The molecule has 20 heavy (non-hydrogen) atoms. The fraction of sp³-hybridized carbons (Fsp3) is 0.562. The van der Waals surface area contributed by atoms with E-state index < -0.39 is 0 Å². The number of halogens is 1. The van der Waals surface area contributed by atoms with Gasteiger partial charge in [-0.2, -0.15) is 0 Å². The maximum absolute atomic E-state index is 6.33. The van der Waals surface area contributed by atoms with Crippen LogP contribution in [0, 0.1) is 5.92 Å². The van der Waals surface area contributed by atoms with Crippen LogP contribution in [0.3, 0.4) is 0 Å². The van der Waals surface area contributed by atoms with E-state index in [1.165, 1.54) is 38.2 Å². The largest absolute Gasteiger partial charge is 0.327 e. The second-order valence-electron chi connectivity index (χ2n) is 5.61. The lowest BCUT2D eigenvalue weighted by molar-refractivity contribution is 0.351. The zero-order valence-corrected chi connectivity index (χ0v) is 12.8. The third-order valence-electron chi connectivity index (χ3n) is 4.35. The average molecular weight is 292 g/mol. The topological polar surface area (TPSA) is 29.9 Å². The highest BCUT2D eigenvalue weighted by atomic mass is 35.5. The van der Waals surface area contributed by atoms with Crippen LogP contribution < -0.4 is 5.32 Å². The van der Waals surface area contributed by atoms with Gasteiger partial charge in [-0.1, -0.05) is 17.7 Å². The van der Waals surface area contributed by atoms with Gasteiger partial charge in [0, 0.05) is 13.0 Å². The van der Waals surface area contributed by atoms with E-state index in [2.05, 4.69) is 22.9 Å². The van der Waals surface area contributed by atoms with Crippen LogP contribution in [-0.2, 0) is 13.0 Å². The van der Waals surface area contributed by atoms with Crippen molar-refractivity contribution in [2.45, 2.75) is 39.2 Å². The van der Waals surface area contributed by atoms with E-state index >= 15 is 0 Å². The molecule has 0 unspecified atom stereocenters. The summed E-state index contributed by atoms with van der Waals surface area (Å²) in [6.45, 7) is 5.43. The normalized spacial score (nSPS) is 16.9. The quantitative estimate of drug-likeness (QED) is 0.932. The number of benzene rings is 1. The summed E-state index contributed by atoms with van der Waals surface area (Å²) in [6, 6.07) is 5.99. The number of aromatic nitrogens is 2. The molecule has 3 nitrogen and oxygen atoms in total. The molecule has 1 aromatic carbocycles. The maximum Gasteiger partial charge on any atom is 0.109 e. The van der Waals surface area contributed by atoms with Crippen LogP contribution in [0.15, 0.2) is 18.2 Å². The molecular formula is C16H22ClN3. The Balaban J connectivity index is 1.81. The molecule has 0 spiro atoms. The third-order valence-corrected chi connectivity index (χ3v) is 4.65. The zero-order valence-electron chi connectivity index (χ0n) is 12.0. The summed E-state index contributed by atoms with van der Waals surface area (Å²) in [6.07, 6.45) is 4.90. The van der Waals surface area contributed by atoms with Crippen molar-refractivity contribution in [2.75, 3.05) is 13.1 Å². The first kappa shape index (κ1) is 13.9. The lowest BCUT2D eigenvalue weighted by Gasteiger charge is -2.22. The number of fused-ring (bicyclic) bond motifs is 1. The Labute approximate surface area is 125 Å². The Morgan fingerprint density at radius 1 is 1.35 bits per heavy atom. The highest BCUT2D eigenvalue weighted by molar-refractivity contribution is 6.35. The van der Waals surface area contributed by atoms with E-state index in [-0.39, 0.29) is 0 Å². The summed E-state index contributed by atoms with van der Waals surface area (Å²) in [4.78, 5) is 4.79. The van der Waals surface area contributed by atoms with Gasteiger partial charge in [-0.05, 0) is 57.3 Å². The van der Waals surface area contributed by atoms with Crippen LogP contribution in [0.2, 0.25) is 5.02 Å². The molecule has 2 heterocycles. The van der Waals surface area contributed by atoms with Crippen molar-refractivity contribution in [1.82, 2.24) is 14.9 Å². The van der Waals surface area contributed by atoms with Crippen molar-refractivity contribution in [3.05, 3.63) is 29.0 Å². The number of hydrogen-bond donors (Lipinski definition) is 1. The molecule has 0 atom stereocenters. The summed E-state index contributed by atoms with van der Waals surface area (Å²) in [5.41, 5.74) is 2.12. The maximum atomic E-state index is 6.33. The summed E-state index contributed by atoms with van der Waals surface area (Å²) < 4.78 is 2.28. The Morgan fingerprint density at radius 3 is 2.90 bits per heavy atom. The number of aryl methyl sites for hydroxylation is 2. The van der Waals surface area contributed by atoms with Gasteiger partial charge < -0.3 is 9.88 Å². The molecule has 0 amide bonds. The molecule has 1 aliphatic rings. The lowest BCUT2D eigenvalue weighted by Crippen LogP contribution is -2.28. The minimum atomic E-state index is 0.810. The van der Waals surface area contributed by atoms with Crippen LogP contribution in [0.4, 0.5) is 0 Å². The number of para-hydroxylation sites is 1. The molecule has 3 rings (SSSR count). The van der Waals surface area contributed by atoms with Gasteiger partial charge in [0.05, 0.1) is 16.1 Å². The summed E-state index contributed by atoms with van der Waals surface area (Å²) in [5.74, 6) is 2.03. The predicted octanol–water partition coefficient (Wildman–Crippen LogP) is 3.64. The molecule has 0 radical (unpaired) electrons. The van der Waals surface area contributed by atoms with Gasteiger partial charge in [-0.25, -0.2) is 4.98 Å². The monoisotopic (exact) mass is 291 g/mol. The van der Waals surface area contributed by atoms with Gasteiger partial charge >= 0.3 is 0 Å². The highest BCUT2D eigenvalue weighted by Crippen LogP contribution is 2.26. The Morgan fingerprint density at radius 2 is 2.15 bits per heavy atom. The second kappa shape index (κ2) is 6.15. The fourth-order valence-corrected chi connectivity index (χ4v) is 3.50. The summed E-state index contributed by atoms with van der Waals surface area (Å²) in [5, 5.41) is 4.24. The van der Waals surface area contributed by atoms with E-state index in [0.717, 1.165) is 34.9 Å². The fourth-order valence-electron chi connectivity index (χ4n) is 3.22. The molecule has 0 aliphatic carbocycles. The number of rotatable bonds is 4. The van der Waals surface area contributed by atoms with Crippen LogP contribution in [0.5, 0.6) is 0 Å². The van der Waals surface area contributed by atoms with E-state index in [4.69, 9.17) is 16.6 Å². The van der Waals surface area contributed by atoms with Crippen LogP contribution in [-0.4, -0.2) is 22.6 Å². The van der Waals surface area contributed by atoms with Gasteiger partial charge in [0.15, 0.2) is 0 Å². The first-order valence-electron chi connectivity index (χ1n) is 7.64. The molecule has 108 valence electrons. The van der Waals surface area contributed by atoms with Crippen molar-refractivity contribution >= 4 is 22.6 Å². The van der Waals surface area contributed by atoms with Gasteiger partial charge in [-0.15, -0.1) is 0 Å². The number of nitrogens with zero attached hydrogens (tertiary/aromatic N) is 2. The molecule has 1 fully saturated rings. The smallest absolute Gasteiger partial charge is 0.109 e. The number of hydrogen-bond acceptors (Lipinski definition) is 2. The van der Waals surface area contributed by atoms with Gasteiger partial charge in [0.1, 0.15) is 5.82 Å². The minimum absolute atomic E-state index is 0.810. The number of nitrogens with one attached hydrogen (secondary N) is 1. The second-order valence-corrected chi connectivity index (χ2v) is 6.02. The molecule has 1 saturated heterocycles. The first-order valence-corrected chi connectivity index (χ1v) is 8.01. The lowest BCUT2D eigenvalue weighted by atomic mass is 9.93. The first-order chi connectivity index (χ1) is 9.79. The van der Waals surface area contributed by atoms with Crippen LogP contribution in [0.1, 0.15) is 32.0 Å². The van der Waals surface area contributed by atoms with Gasteiger partial charge in [0.25, 0.3) is 0 Å². The number of piperidine rings is 1. The number of imidazole rings is 1. The molecule has 1 N–H and O–H groups in total. The molecule has 1 aliphatic heterocycles.